The Hall–Kier alpha value is -4.62. The molecule has 0 saturated carbocycles. The first kappa shape index (κ1) is 31.3. The average molecular weight is 634 g/mol. The quantitative estimate of drug-likeness (QED) is 0.0628. The molecule has 0 unspecified atom stereocenters. The van der Waals surface area contributed by atoms with E-state index in [2.05, 4.69) is 50.9 Å². The molecule has 0 aliphatic rings. The lowest BCUT2D eigenvalue weighted by molar-refractivity contribution is -0.114. The average Bonchev–Trinajstić information content (AvgIpc) is 2.94. The molecule has 0 radical (unpaired) electrons. The number of aliphatic imine (C=N–C) groups is 1. The second kappa shape index (κ2) is 13.1. The van der Waals surface area contributed by atoms with Crippen molar-refractivity contribution < 1.29 is 30.7 Å². The minimum absolute atomic E-state index is 0.0158. The van der Waals surface area contributed by atoms with Crippen molar-refractivity contribution in [2.75, 3.05) is 5.32 Å². The third-order valence-electron chi connectivity index (χ3n) is 5.93. The molecule has 0 spiro atoms. The van der Waals surface area contributed by atoms with Gasteiger partial charge in [0.2, 0.25) is 5.91 Å². The number of amides is 1. The number of carbonyl (C=O) groups excluding carboxylic acids is 1. The van der Waals surface area contributed by atoms with Gasteiger partial charge in [-0.3, -0.25) is 13.9 Å². The number of carbonyl (C=O) groups is 1. The first-order valence-electron chi connectivity index (χ1n) is 12.4. The van der Waals surface area contributed by atoms with E-state index in [1.165, 1.54) is 60.2 Å². The molecule has 0 saturated heterocycles. The fourth-order valence-corrected chi connectivity index (χ4v) is 5.81. The predicted octanol–water partition coefficient (Wildman–Crippen LogP) is 6.43. The van der Waals surface area contributed by atoms with Crippen molar-refractivity contribution in [3.8, 4) is 0 Å². The van der Waals surface area contributed by atoms with E-state index in [0.717, 1.165) is 17.1 Å². The summed E-state index contributed by atoms with van der Waals surface area (Å²) in [6.45, 7) is 1.17. The molecule has 43 heavy (non-hydrogen) atoms. The number of anilines is 1. The summed E-state index contributed by atoms with van der Waals surface area (Å²) in [5.74, 6) is -0.556. The minimum atomic E-state index is -4.74. The number of hydrogen-bond donors (Lipinski definition) is 3. The van der Waals surface area contributed by atoms with Gasteiger partial charge in [-0.15, -0.1) is 0 Å². The van der Waals surface area contributed by atoms with Crippen LogP contribution in [0.2, 0.25) is 0 Å². The lowest BCUT2D eigenvalue weighted by Gasteiger charge is -2.10. The number of thiocarbonyl (C=S) groups is 1. The Morgan fingerprint density at radius 3 is 1.98 bits per heavy atom. The van der Waals surface area contributed by atoms with Gasteiger partial charge in [0.15, 0.2) is 0 Å². The van der Waals surface area contributed by atoms with Gasteiger partial charge in [-0.1, -0.05) is 66.7 Å². The zero-order valence-electron chi connectivity index (χ0n) is 22.4. The van der Waals surface area contributed by atoms with Crippen LogP contribution in [0.25, 0.3) is 34.0 Å². The smallest absolute Gasteiger partial charge is 0.297 e. The summed E-state index contributed by atoms with van der Waals surface area (Å²) in [5, 5.41) is 6.77. The first-order valence-corrected chi connectivity index (χ1v) is 15.7. The fraction of sp³-hybridized carbons (Fsp3) is 0.0333. The molecule has 1 amide bonds. The highest BCUT2D eigenvalue weighted by Crippen LogP contribution is 2.29. The van der Waals surface area contributed by atoms with Crippen LogP contribution in [-0.2, 0) is 25.0 Å². The van der Waals surface area contributed by atoms with E-state index < -0.39 is 35.9 Å². The summed E-state index contributed by atoms with van der Waals surface area (Å²) in [6.07, 6.45) is 2.43. The van der Waals surface area contributed by atoms with Crippen molar-refractivity contribution in [1.29, 1.82) is 0 Å². The minimum Gasteiger partial charge on any atom is -0.325 e. The summed E-state index contributed by atoms with van der Waals surface area (Å²) < 4.78 is 66.0. The molecule has 1 aromatic heterocycles. The highest BCUT2D eigenvalue weighted by molar-refractivity contribution is 7.86. The van der Waals surface area contributed by atoms with Crippen LogP contribution < -0.4 is 5.32 Å². The van der Waals surface area contributed by atoms with E-state index in [-0.39, 0.29) is 22.5 Å². The number of benzene rings is 4. The Kier molecular flexibility index (Phi) is 9.56. The number of nitrogens with zero attached hydrogens (tertiary/aromatic N) is 2. The SMILES string of the molecule is CC(=O)Nc1cccc(/C=C/c2ccc(N=C=S)cc2S(=O)(=O)O)c1S(=O)(=O)O.c1ccc2nc3ccccc3cc2c1. The van der Waals surface area contributed by atoms with E-state index in [1.54, 1.807) is 0 Å². The number of pyridine rings is 1. The molecule has 10 nitrogen and oxygen atoms in total. The molecule has 5 aromatic rings. The van der Waals surface area contributed by atoms with Crippen molar-refractivity contribution in [3.63, 3.8) is 0 Å². The number of isothiocyanates is 1. The van der Waals surface area contributed by atoms with Gasteiger partial charge in [0.05, 0.1) is 27.6 Å². The molecular weight excluding hydrogens is 611 g/mol. The zero-order chi connectivity index (χ0) is 31.2. The Bertz CT molecular complexity index is 2050. The van der Waals surface area contributed by atoms with Gasteiger partial charge in [-0.25, -0.2) is 4.98 Å². The summed E-state index contributed by atoms with van der Waals surface area (Å²) in [7, 11) is -9.37. The maximum absolute atomic E-state index is 11.8. The van der Waals surface area contributed by atoms with Crippen molar-refractivity contribution in [3.05, 3.63) is 102 Å². The standard InChI is InChI=1S/C17H14N2O7S3.C13H9N/c1-11(20)19-15-4-2-3-13(17(15)29(24,25)26)6-5-12-7-8-14(18-10-27)9-16(12)28(21,22)23;1-3-7-12-10(5-1)9-11-6-2-4-8-13(11)14-12/h2-9H,1H3,(H,19,20)(H,21,22,23)(H,24,25,26);1-9H/b6-5+;. The van der Waals surface area contributed by atoms with Crippen LogP contribution in [0.5, 0.6) is 0 Å². The lowest BCUT2D eigenvalue weighted by Crippen LogP contribution is -2.12. The van der Waals surface area contributed by atoms with Gasteiger partial charge in [0.25, 0.3) is 20.2 Å². The van der Waals surface area contributed by atoms with Crippen molar-refractivity contribution >= 4 is 88.9 Å². The molecule has 3 N–H and O–H groups in total. The fourth-order valence-electron chi connectivity index (χ4n) is 4.17. The Labute approximate surface area is 252 Å². The Morgan fingerprint density at radius 2 is 1.42 bits per heavy atom. The van der Waals surface area contributed by atoms with Gasteiger partial charge < -0.3 is 5.32 Å². The van der Waals surface area contributed by atoms with Gasteiger partial charge in [-0.2, -0.15) is 21.8 Å². The van der Waals surface area contributed by atoms with Gasteiger partial charge in [0.1, 0.15) is 9.79 Å². The highest BCUT2D eigenvalue weighted by Gasteiger charge is 2.20. The Morgan fingerprint density at radius 1 is 0.814 bits per heavy atom. The van der Waals surface area contributed by atoms with E-state index in [9.17, 15) is 30.7 Å². The molecule has 4 aromatic carbocycles. The summed E-state index contributed by atoms with van der Waals surface area (Å²) in [6, 6.07) is 26.4. The highest BCUT2D eigenvalue weighted by atomic mass is 32.2. The summed E-state index contributed by atoms with van der Waals surface area (Å²) in [5.41, 5.74) is 2.10. The van der Waals surface area contributed by atoms with Crippen LogP contribution in [0, 0.1) is 0 Å². The van der Waals surface area contributed by atoms with Crippen molar-refractivity contribution in [1.82, 2.24) is 4.98 Å². The number of hydrogen-bond acceptors (Lipinski definition) is 8. The van der Waals surface area contributed by atoms with E-state index in [1.807, 2.05) is 36.4 Å². The molecule has 0 fully saturated rings. The molecule has 0 atom stereocenters. The molecule has 5 rings (SSSR count). The second-order valence-electron chi connectivity index (χ2n) is 8.99. The van der Waals surface area contributed by atoms with Crippen LogP contribution in [0.15, 0.2) is 106 Å². The lowest BCUT2D eigenvalue weighted by atomic mass is 10.1. The van der Waals surface area contributed by atoms with Gasteiger partial charge in [0, 0.05) is 17.7 Å². The third-order valence-corrected chi connectivity index (χ3v) is 7.90. The normalized spacial score (nSPS) is 11.5. The number of para-hydroxylation sites is 2. The van der Waals surface area contributed by atoms with Crippen LogP contribution in [0.4, 0.5) is 11.4 Å². The monoisotopic (exact) mass is 633 g/mol. The van der Waals surface area contributed by atoms with E-state index in [4.69, 9.17) is 0 Å². The number of rotatable bonds is 6. The van der Waals surface area contributed by atoms with Crippen LogP contribution in [0.3, 0.4) is 0 Å². The molecule has 0 bridgehead atoms. The zero-order valence-corrected chi connectivity index (χ0v) is 24.8. The Balaban J connectivity index is 0.000000248. The van der Waals surface area contributed by atoms with Crippen LogP contribution in [-0.4, -0.2) is 42.0 Å². The summed E-state index contributed by atoms with van der Waals surface area (Å²) in [4.78, 5) is 18.5. The summed E-state index contributed by atoms with van der Waals surface area (Å²) >= 11 is 4.46. The molecule has 13 heteroatoms. The number of nitrogens with one attached hydrogen (secondary N) is 1. The number of fused-ring (bicyclic) bond motifs is 2. The maximum Gasteiger partial charge on any atom is 0.297 e. The second-order valence-corrected chi connectivity index (χ2v) is 11.9. The third kappa shape index (κ3) is 8.02. The molecule has 0 aliphatic carbocycles. The van der Waals surface area contributed by atoms with Crippen LogP contribution in [0.1, 0.15) is 18.1 Å². The first-order chi connectivity index (χ1) is 20.4. The maximum atomic E-state index is 11.8. The van der Waals surface area contributed by atoms with Gasteiger partial charge >= 0.3 is 0 Å². The van der Waals surface area contributed by atoms with E-state index >= 15 is 0 Å². The van der Waals surface area contributed by atoms with Crippen LogP contribution >= 0.6 is 12.2 Å². The van der Waals surface area contributed by atoms with E-state index in [0.29, 0.717) is 0 Å². The topological polar surface area (TPSA) is 163 Å². The molecule has 0 aliphatic heterocycles. The van der Waals surface area contributed by atoms with Crippen molar-refractivity contribution in [2.24, 2.45) is 4.99 Å². The number of aromatic nitrogens is 1. The predicted molar refractivity (Wildman–Crippen MR) is 170 cm³/mol. The molecule has 218 valence electrons. The largest absolute Gasteiger partial charge is 0.325 e. The molecule has 1 heterocycles. The van der Waals surface area contributed by atoms with Gasteiger partial charge in [-0.05, 0) is 59.7 Å². The van der Waals surface area contributed by atoms with Crippen molar-refractivity contribution in [2.45, 2.75) is 16.7 Å². The molecular formula is C30H23N3O7S3.